The summed E-state index contributed by atoms with van der Waals surface area (Å²) in [6.07, 6.45) is 1.63. The molecule has 146 valence electrons. The number of hydrogen-bond acceptors (Lipinski definition) is 4. The van der Waals surface area contributed by atoms with Gasteiger partial charge in [-0.05, 0) is 31.0 Å². The van der Waals surface area contributed by atoms with Crippen LogP contribution in [0, 0.1) is 11.6 Å². The molecule has 0 radical (unpaired) electrons. The molecule has 2 aromatic carbocycles. The fourth-order valence-electron chi connectivity index (χ4n) is 2.76. The van der Waals surface area contributed by atoms with Crippen molar-refractivity contribution < 1.29 is 13.9 Å². The van der Waals surface area contributed by atoms with Gasteiger partial charge in [-0.3, -0.25) is 4.79 Å². The standard InChI is InChI=1S/C20H18ClF2N3O2/c1-20(28,13-5-3-2-4-6-13)9-10-24-16-12-25-26(19(27)18(16)21)17-8-7-14(22)11-15(17)23/h2-8,11-12,24,28H,9-10H2,1H3. The zero-order valence-electron chi connectivity index (χ0n) is 15.0. The van der Waals surface area contributed by atoms with E-state index in [-0.39, 0.29) is 16.4 Å². The van der Waals surface area contributed by atoms with Crippen molar-refractivity contribution in [3.63, 3.8) is 0 Å². The Kier molecular flexibility index (Phi) is 5.76. The van der Waals surface area contributed by atoms with Gasteiger partial charge < -0.3 is 10.4 Å². The highest BCUT2D eigenvalue weighted by Gasteiger charge is 2.22. The second-order valence-corrected chi connectivity index (χ2v) is 6.88. The lowest BCUT2D eigenvalue weighted by Gasteiger charge is -2.24. The summed E-state index contributed by atoms with van der Waals surface area (Å²) >= 11 is 6.10. The van der Waals surface area contributed by atoms with Crippen molar-refractivity contribution in [2.75, 3.05) is 11.9 Å². The predicted octanol–water partition coefficient (Wildman–Crippen LogP) is 3.87. The van der Waals surface area contributed by atoms with Crippen LogP contribution in [-0.2, 0) is 5.60 Å². The van der Waals surface area contributed by atoms with E-state index in [1.165, 1.54) is 6.20 Å². The van der Waals surface area contributed by atoms with Crippen molar-refractivity contribution in [1.29, 1.82) is 0 Å². The van der Waals surface area contributed by atoms with Crippen LogP contribution in [0.15, 0.2) is 59.5 Å². The Morgan fingerprint density at radius 3 is 2.61 bits per heavy atom. The maximum atomic E-state index is 13.9. The van der Waals surface area contributed by atoms with Gasteiger partial charge in [0.2, 0.25) is 0 Å². The molecular formula is C20H18ClF2N3O2. The third-order valence-corrected chi connectivity index (χ3v) is 4.75. The van der Waals surface area contributed by atoms with Crippen molar-refractivity contribution in [1.82, 2.24) is 9.78 Å². The van der Waals surface area contributed by atoms with E-state index < -0.39 is 22.8 Å². The molecular weight excluding hydrogens is 388 g/mol. The largest absolute Gasteiger partial charge is 0.385 e. The van der Waals surface area contributed by atoms with Crippen LogP contribution in [0.4, 0.5) is 14.5 Å². The minimum atomic E-state index is -1.07. The Morgan fingerprint density at radius 2 is 1.93 bits per heavy atom. The molecule has 0 amide bonds. The van der Waals surface area contributed by atoms with Crippen LogP contribution < -0.4 is 10.9 Å². The van der Waals surface area contributed by atoms with Gasteiger partial charge >= 0.3 is 0 Å². The molecule has 5 nitrogen and oxygen atoms in total. The first kappa shape index (κ1) is 20.0. The summed E-state index contributed by atoms with van der Waals surface area (Å²) < 4.78 is 27.7. The van der Waals surface area contributed by atoms with E-state index in [2.05, 4.69) is 10.4 Å². The monoisotopic (exact) mass is 405 g/mol. The highest BCUT2D eigenvalue weighted by molar-refractivity contribution is 6.32. The van der Waals surface area contributed by atoms with E-state index in [1.54, 1.807) is 6.92 Å². The minimum Gasteiger partial charge on any atom is -0.385 e. The third kappa shape index (κ3) is 4.21. The Bertz CT molecular complexity index is 1040. The average molecular weight is 406 g/mol. The first-order valence-electron chi connectivity index (χ1n) is 8.54. The summed E-state index contributed by atoms with van der Waals surface area (Å²) in [5, 5.41) is 17.3. The molecule has 28 heavy (non-hydrogen) atoms. The Labute approximate surface area is 165 Å². The van der Waals surface area contributed by atoms with Gasteiger partial charge in [-0.1, -0.05) is 41.9 Å². The van der Waals surface area contributed by atoms with Crippen LogP contribution in [0.25, 0.3) is 5.69 Å². The number of hydrogen-bond donors (Lipinski definition) is 2. The van der Waals surface area contributed by atoms with Crippen LogP contribution in [0.2, 0.25) is 5.02 Å². The molecule has 0 aliphatic carbocycles. The highest BCUT2D eigenvalue weighted by atomic mass is 35.5. The molecule has 0 aliphatic heterocycles. The lowest BCUT2D eigenvalue weighted by Crippen LogP contribution is -2.26. The molecule has 1 aromatic heterocycles. The quantitative estimate of drug-likeness (QED) is 0.653. The molecule has 0 bridgehead atoms. The highest BCUT2D eigenvalue weighted by Crippen LogP contribution is 2.25. The van der Waals surface area contributed by atoms with Crippen molar-refractivity contribution >= 4 is 17.3 Å². The number of rotatable bonds is 6. The van der Waals surface area contributed by atoms with Crippen molar-refractivity contribution in [2.24, 2.45) is 0 Å². The smallest absolute Gasteiger partial charge is 0.292 e. The van der Waals surface area contributed by atoms with Gasteiger partial charge in [-0.15, -0.1) is 0 Å². The van der Waals surface area contributed by atoms with E-state index in [0.29, 0.717) is 19.0 Å². The molecule has 1 atom stereocenters. The predicted molar refractivity (Wildman–Crippen MR) is 104 cm³/mol. The molecule has 3 aromatic rings. The lowest BCUT2D eigenvalue weighted by atomic mass is 9.93. The summed E-state index contributed by atoms with van der Waals surface area (Å²) in [5.74, 6) is -1.69. The molecule has 0 fully saturated rings. The van der Waals surface area contributed by atoms with E-state index in [9.17, 15) is 18.7 Å². The maximum absolute atomic E-state index is 13.9. The molecule has 8 heteroatoms. The van der Waals surface area contributed by atoms with Crippen LogP contribution in [-0.4, -0.2) is 21.4 Å². The van der Waals surface area contributed by atoms with E-state index in [1.807, 2.05) is 30.3 Å². The second kappa shape index (κ2) is 8.08. The number of nitrogens with zero attached hydrogens (tertiary/aromatic N) is 2. The summed E-state index contributed by atoms with van der Waals surface area (Å²) in [6.45, 7) is 2.01. The topological polar surface area (TPSA) is 67.2 Å². The first-order valence-corrected chi connectivity index (χ1v) is 8.92. The molecule has 0 spiro atoms. The molecule has 3 rings (SSSR count). The molecule has 1 heterocycles. The number of aromatic nitrogens is 2. The number of anilines is 1. The molecule has 1 unspecified atom stereocenters. The molecule has 0 aliphatic rings. The fraction of sp³-hybridized carbons (Fsp3) is 0.200. The third-order valence-electron chi connectivity index (χ3n) is 4.38. The molecule has 0 saturated heterocycles. The minimum absolute atomic E-state index is 0.182. The van der Waals surface area contributed by atoms with Gasteiger partial charge in [-0.2, -0.15) is 9.78 Å². The van der Waals surface area contributed by atoms with Crippen LogP contribution >= 0.6 is 11.6 Å². The average Bonchev–Trinajstić information content (AvgIpc) is 2.67. The number of aliphatic hydroxyl groups is 1. The fourth-order valence-corrected chi connectivity index (χ4v) is 2.96. The summed E-state index contributed by atoms with van der Waals surface area (Å²) in [6, 6.07) is 12.0. The number of nitrogens with one attached hydrogen (secondary N) is 1. The Balaban J connectivity index is 1.76. The van der Waals surface area contributed by atoms with Crippen LogP contribution in [0.5, 0.6) is 0 Å². The number of halogens is 3. The summed E-state index contributed by atoms with van der Waals surface area (Å²) in [5.41, 5.74) is -0.989. The van der Waals surface area contributed by atoms with E-state index in [4.69, 9.17) is 11.6 Å². The van der Waals surface area contributed by atoms with Gasteiger partial charge in [0.25, 0.3) is 5.56 Å². The van der Waals surface area contributed by atoms with Crippen molar-refractivity contribution in [2.45, 2.75) is 18.9 Å². The van der Waals surface area contributed by atoms with Crippen LogP contribution in [0.1, 0.15) is 18.9 Å². The van der Waals surface area contributed by atoms with Gasteiger partial charge in [-0.25, -0.2) is 8.78 Å². The SMILES string of the molecule is CC(O)(CCNc1cnn(-c2ccc(F)cc2F)c(=O)c1Cl)c1ccccc1. The van der Waals surface area contributed by atoms with Gasteiger partial charge in [0.1, 0.15) is 16.5 Å². The summed E-state index contributed by atoms with van der Waals surface area (Å²) in [4.78, 5) is 12.4. The lowest BCUT2D eigenvalue weighted by molar-refractivity contribution is 0.0515. The summed E-state index contributed by atoms with van der Waals surface area (Å²) in [7, 11) is 0. The van der Waals surface area contributed by atoms with E-state index >= 15 is 0 Å². The van der Waals surface area contributed by atoms with Gasteiger partial charge in [0.05, 0.1) is 17.5 Å². The van der Waals surface area contributed by atoms with Crippen LogP contribution in [0.3, 0.4) is 0 Å². The molecule has 0 saturated carbocycles. The van der Waals surface area contributed by atoms with Gasteiger partial charge in [0, 0.05) is 12.6 Å². The zero-order chi connectivity index (χ0) is 20.3. The maximum Gasteiger partial charge on any atom is 0.292 e. The number of benzene rings is 2. The van der Waals surface area contributed by atoms with E-state index in [0.717, 1.165) is 22.4 Å². The first-order chi connectivity index (χ1) is 13.3. The Hall–Kier alpha value is -2.77. The van der Waals surface area contributed by atoms with Gasteiger partial charge in [0.15, 0.2) is 5.82 Å². The van der Waals surface area contributed by atoms with Crippen molar-refractivity contribution in [3.05, 3.63) is 87.3 Å². The normalized spacial score (nSPS) is 13.2. The van der Waals surface area contributed by atoms with Crippen molar-refractivity contribution in [3.8, 4) is 5.69 Å². The zero-order valence-corrected chi connectivity index (χ0v) is 15.8. The molecule has 2 N–H and O–H groups in total. The Morgan fingerprint density at radius 1 is 1.21 bits per heavy atom. The second-order valence-electron chi connectivity index (χ2n) is 6.50.